The van der Waals surface area contributed by atoms with Crippen molar-refractivity contribution in [2.45, 2.75) is 9.79 Å². The third-order valence-corrected chi connectivity index (χ3v) is 6.47. The Balaban J connectivity index is 1.96. The van der Waals surface area contributed by atoms with E-state index in [1.54, 1.807) is 0 Å². The van der Waals surface area contributed by atoms with E-state index in [2.05, 4.69) is 5.29 Å². The Bertz CT molecular complexity index is 1490. The van der Waals surface area contributed by atoms with Gasteiger partial charge in [0, 0.05) is 16.7 Å². The molecule has 1 heterocycles. The van der Waals surface area contributed by atoms with Crippen LogP contribution in [-0.4, -0.2) is 37.5 Å². The average Bonchev–Trinajstić information content (AvgIpc) is 2.95. The monoisotopic (exact) mass is 462 g/mol. The second-order valence-corrected chi connectivity index (χ2v) is 9.31. The molecule has 31 heavy (non-hydrogen) atoms. The first-order valence-corrected chi connectivity index (χ1v) is 11.2. The minimum absolute atomic E-state index is 0.170. The third kappa shape index (κ3) is 3.19. The van der Waals surface area contributed by atoms with Crippen molar-refractivity contribution in [1.82, 2.24) is 0 Å². The number of fused-ring (bicyclic) bond motifs is 2. The van der Waals surface area contributed by atoms with Gasteiger partial charge in [-0.15, -0.1) is 4.91 Å². The summed E-state index contributed by atoms with van der Waals surface area (Å²) in [6, 6.07) is 6.54. The van der Waals surface area contributed by atoms with Gasteiger partial charge in [0.15, 0.2) is 11.6 Å². The Kier molecular flexibility index (Phi) is 4.51. The topological polar surface area (TPSA) is 176 Å². The number of allylic oxidation sites excluding steroid dienone is 2. The minimum atomic E-state index is -4.80. The van der Waals surface area contributed by atoms with E-state index in [1.807, 2.05) is 0 Å². The predicted octanol–water partition coefficient (Wildman–Crippen LogP) is 2.03. The number of carbonyl (C=O) groups excluding carboxylic acids is 2. The van der Waals surface area contributed by atoms with Gasteiger partial charge in [-0.05, 0) is 30.3 Å². The lowest BCUT2D eigenvalue weighted by Gasteiger charge is -2.25. The molecule has 11 nitrogen and oxygen atoms in total. The van der Waals surface area contributed by atoms with Gasteiger partial charge in [0.2, 0.25) is 0 Å². The van der Waals surface area contributed by atoms with Gasteiger partial charge in [-0.25, -0.2) is 0 Å². The summed E-state index contributed by atoms with van der Waals surface area (Å²) in [5, 5.41) is 3.24. The molecule has 0 amide bonds. The highest BCUT2D eigenvalue weighted by molar-refractivity contribution is 7.86. The zero-order valence-corrected chi connectivity index (χ0v) is 16.7. The van der Waals surface area contributed by atoms with E-state index in [0.717, 1.165) is 24.3 Å². The number of ketones is 2. The van der Waals surface area contributed by atoms with E-state index in [0.29, 0.717) is 5.01 Å². The molecule has 2 aromatic rings. The zero-order chi connectivity index (χ0) is 22.7. The fourth-order valence-electron chi connectivity index (χ4n) is 3.42. The van der Waals surface area contributed by atoms with Crippen molar-refractivity contribution in [1.29, 1.82) is 0 Å². The molecule has 0 saturated carbocycles. The predicted molar refractivity (Wildman–Crippen MR) is 106 cm³/mol. The highest BCUT2D eigenvalue weighted by Gasteiger charge is 2.39. The van der Waals surface area contributed by atoms with Crippen LogP contribution in [0.2, 0.25) is 0 Å². The first kappa shape index (κ1) is 20.7. The maximum absolute atomic E-state index is 12.9. The molecule has 0 unspecified atom stereocenters. The normalized spacial score (nSPS) is 18.2. The van der Waals surface area contributed by atoms with Crippen LogP contribution in [-0.2, 0) is 20.2 Å². The fraction of sp³-hybridized carbons (Fsp3) is 0. The highest BCUT2D eigenvalue weighted by atomic mass is 32.2. The van der Waals surface area contributed by atoms with Gasteiger partial charge in [-0.2, -0.15) is 21.8 Å². The molecule has 2 aromatic carbocycles. The van der Waals surface area contributed by atoms with Crippen LogP contribution in [0.1, 0.15) is 26.3 Å². The summed E-state index contributed by atoms with van der Waals surface area (Å²) in [7, 11) is -9.45. The van der Waals surface area contributed by atoms with Gasteiger partial charge >= 0.3 is 0 Å². The molecule has 13 heteroatoms. The van der Waals surface area contributed by atoms with Gasteiger partial charge in [0.1, 0.15) is 4.90 Å². The molecule has 0 atom stereocenters. The van der Waals surface area contributed by atoms with Crippen LogP contribution >= 0.6 is 0 Å². The summed E-state index contributed by atoms with van der Waals surface area (Å²) in [6.07, 6.45) is 2.51. The number of rotatable bonds is 3. The second-order valence-electron chi connectivity index (χ2n) is 6.50. The van der Waals surface area contributed by atoms with E-state index in [9.17, 15) is 40.4 Å². The molecule has 0 fully saturated rings. The Morgan fingerprint density at radius 1 is 0.839 bits per heavy atom. The number of hydrogen-bond donors (Lipinski definition) is 2. The molecule has 0 spiro atoms. The van der Waals surface area contributed by atoms with Crippen LogP contribution in [0.15, 0.2) is 68.8 Å². The molecule has 1 aliphatic heterocycles. The smallest absolute Gasteiger partial charge is 0.288 e. The van der Waals surface area contributed by atoms with Crippen molar-refractivity contribution in [3.8, 4) is 0 Å². The summed E-state index contributed by atoms with van der Waals surface area (Å²) in [5.41, 5.74) is -1.61. The molecular weight excluding hydrogens is 452 g/mol. The standard InChI is InChI=1S/C18H10N2O9S2/c21-17-11-6-5-10(30(24,25)26)8-12(11)18(22)15(17)13-7-4-9-2-1-3-14(31(27,28)29)16(9)20(13)19-23/h1-8H,(H,24,25,26)(H,27,28,29). The lowest BCUT2D eigenvalue weighted by molar-refractivity contribution is 0.0987. The van der Waals surface area contributed by atoms with Crippen molar-refractivity contribution >= 4 is 43.6 Å². The molecule has 1 aliphatic carbocycles. The van der Waals surface area contributed by atoms with Crippen LogP contribution in [0.3, 0.4) is 0 Å². The first-order chi connectivity index (χ1) is 14.4. The minimum Gasteiger partial charge on any atom is -0.288 e. The average molecular weight is 462 g/mol. The molecule has 2 aliphatic rings. The van der Waals surface area contributed by atoms with Crippen LogP contribution < -0.4 is 5.01 Å². The SMILES string of the molecule is O=NN1C(=C2C(=O)c3ccc(S(=O)(=O)O)cc3C2=O)C=Cc2cccc(S(=O)(=O)O)c21. The number of para-hydroxylation sites is 1. The number of benzene rings is 2. The van der Waals surface area contributed by atoms with Gasteiger partial charge < -0.3 is 0 Å². The highest BCUT2D eigenvalue weighted by Crippen LogP contribution is 2.40. The van der Waals surface area contributed by atoms with E-state index in [1.165, 1.54) is 24.3 Å². The first-order valence-electron chi connectivity index (χ1n) is 8.32. The number of nitroso groups, excluding NO2 is 1. The van der Waals surface area contributed by atoms with Crippen LogP contribution in [0.4, 0.5) is 5.69 Å². The van der Waals surface area contributed by atoms with E-state index >= 15 is 0 Å². The van der Waals surface area contributed by atoms with Crippen molar-refractivity contribution < 1.29 is 35.5 Å². The quantitative estimate of drug-likeness (QED) is 0.297. The lowest BCUT2D eigenvalue weighted by Crippen LogP contribution is -2.24. The lowest BCUT2D eigenvalue weighted by atomic mass is 10.0. The Morgan fingerprint density at radius 3 is 2.13 bits per heavy atom. The van der Waals surface area contributed by atoms with Crippen molar-refractivity contribution in [2.75, 3.05) is 5.01 Å². The number of nitrogens with zero attached hydrogens (tertiary/aromatic N) is 2. The van der Waals surface area contributed by atoms with E-state index in [-0.39, 0.29) is 28.1 Å². The molecule has 158 valence electrons. The second kappa shape index (κ2) is 6.75. The number of carbonyl (C=O) groups is 2. The summed E-state index contributed by atoms with van der Waals surface area (Å²) in [4.78, 5) is 36.1. The summed E-state index contributed by atoms with van der Waals surface area (Å²) in [5.74, 6) is -1.81. The van der Waals surface area contributed by atoms with Gasteiger partial charge in [0.25, 0.3) is 20.2 Å². The molecule has 0 saturated heterocycles. The van der Waals surface area contributed by atoms with E-state index in [4.69, 9.17) is 0 Å². The molecule has 4 rings (SSSR count). The molecule has 0 bridgehead atoms. The van der Waals surface area contributed by atoms with E-state index < -0.39 is 47.2 Å². The zero-order valence-electron chi connectivity index (χ0n) is 15.1. The maximum atomic E-state index is 12.9. The largest absolute Gasteiger partial charge is 0.296 e. The van der Waals surface area contributed by atoms with Gasteiger partial charge in [-0.1, -0.05) is 18.2 Å². The summed E-state index contributed by atoms with van der Waals surface area (Å²) >= 11 is 0. The van der Waals surface area contributed by atoms with Gasteiger partial charge in [0.05, 0.1) is 27.1 Å². The van der Waals surface area contributed by atoms with Gasteiger partial charge in [-0.3, -0.25) is 18.7 Å². The molecule has 0 aromatic heterocycles. The van der Waals surface area contributed by atoms with Crippen LogP contribution in [0.25, 0.3) is 6.08 Å². The number of anilines is 1. The number of Topliss-reactive ketones (excluding diaryl/α,β-unsaturated/α-hetero) is 2. The van der Waals surface area contributed by atoms with Crippen molar-refractivity contribution in [3.63, 3.8) is 0 Å². The molecule has 2 N–H and O–H groups in total. The Hall–Kier alpha value is -3.52. The summed E-state index contributed by atoms with van der Waals surface area (Å²) < 4.78 is 65.0. The van der Waals surface area contributed by atoms with Crippen molar-refractivity contribution in [3.05, 3.63) is 75.3 Å². The fourth-order valence-corrected chi connectivity index (χ4v) is 4.62. The van der Waals surface area contributed by atoms with Crippen LogP contribution in [0.5, 0.6) is 0 Å². The van der Waals surface area contributed by atoms with Crippen LogP contribution in [0, 0.1) is 4.91 Å². The molecular formula is C18H10N2O9S2. The molecule has 0 radical (unpaired) electrons. The maximum Gasteiger partial charge on any atom is 0.296 e. The number of hydrogen-bond acceptors (Lipinski definition) is 8. The summed E-state index contributed by atoms with van der Waals surface area (Å²) in [6.45, 7) is 0. The van der Waals surface area contributed by atoms with Crippen molar-refractivity contribution in [2.24, 2.45) is 5.29 Å². The Labute approximate surface area is 174 Å². The third-order valence-electron chi connectivity index (χ3n) is 4.74. The Morgan fingerprint density at radius 2 is 1.52 bits per heavy atom.